The zero-order chi connectivity index (χ0) is 13.1. The van der Waals surface area contributed by atoms with E-state index in [1.807, 2.05) is 36.7 Å². The van der Waals surface area contributed by atoms with Crippen LogP contribution in [0.15, 0.2) is 24.4 Å². The first-order valence-electron chi connectivity index (χ1n) is 5.96. The quantitative estimate of drug-likeness (QED) is 0.891. The fraction of sp³-hybridized carbons (Fsp3) is 0.385. The summed E-state index contributed by atoms with van der Waals surface area (Å²) in [7, 11) is 1.62. The molecule has 2 N–H and O–H groups in total. The highest BCUT2D eigenvalue weighted by Crippen LogP contribution is 2.26. The van der Waals surface area contributed by atoms with Crippen molar-refractivity contribution in [2.75, 3.05) is 7.11 Å². The molecule has 0 aliphatic rings. The normalized spacial score (nSPS) is 12.4. The molecule has 0 spiro atoms. The average molecular weight is 246 g/mol. The monoisotopic (exact) mass is 246 g/mol. The van der Waals surface area contributed by atoms with Crippen LogP contribution in [0.3, 0.4) is 0 Å². The Balaban J connectivity index is 2.44. The van der Waals surface area contributed by atoms with Crippen LogP contribution in [0, 0.1) is 6.92 Å². The number of nitrogens with two attached hydrogens (primary N) is 1. The van der Waals surface area contributed by atoms with Crippen LogP contribution in [0.25, 0.3) is 0 Å². The van der Waals surface area contributed by atoms with E-state index in [0.717, 1.165) is 23.6 Å². The molecule has 0 aromatic carbocycles. The van der Waals surface area contributed by atoms with Gasteiger partial charge in [-0.1, -0.05) is 0 Å². The number of aryl methyl sites for hydroxylation is 2. The van der Waals surface area contributed by atoms with Gasteiger partial charge in [0.1, 0.15) is 11.4 Å². The Hall–Kier alpha value is -1.88. The van der Waals surface area contributed by atoms with Crippen LogP contribution < -0.4 is 10.5 Å². The Morgan fingerprint density at radius 3 is 2.94 bits per heavy atom. The van der Waals surface area contributed by atoms with E-state index in [-0.39, 0.29) is 6.04 Å². The lowest BCUT2D eigenvalue weighted by Gasteiger charge is -2.15. The van der Waals surface area contributed by atoms with Crippen molar-refractivity contribution in [3.05, 3.63) is 41.5 Å². The summed E-state index contributed by atoms with van der Waals surface area (Å²) < 4.78 is 7.19. The van der Waals surface area contributed by atoms with Crippen LogP contribution >= 0.6 is 0 Å². The zero-order valence-electron chi connectivity index (χ0n) is 10.9. The van der Waals surface area contributed by atoms with E-state index < -0.39 is 0 Å². The van der Waals surface area contributed by atoms with Gasteiger partial charge in [0.15, 0.2) is 0 Å². The summed E-state index contributed by atoms with van der Waals surface area (Å²) in [5.41, 5.74) is 8.92. The molecule has 2 rings (SSSR count). The van der Waals surface area contributed by atoms with Crippen LogP contribution in [0.5, 0.6) is 5.75 Å². The standard InChI is InChI=1S/C13H18N4O/c1-4-17-10(8-9(2)16-17)12(14)13-11(18-3)6-5-7-15-13/h5-8,12H,4,14H2,1-3H3. The lowest BCUT2D eigenvalue weighted by atomic mass is 10.1. The highest BCUT2D eigenvalue weighted by molar-refractivity contribution is 5.34. The number of ether oxygens (including phenoxy) is 1. The molecule has 0 saturated carbocycles. The lowest BCUT2D eigenvalue weighted by molar-refractivity contribution is 0.403. The maximum atomic E-state index is 6.28. The number of hydrogen-bond donors (Lipinski definition) is 1. The number of hydrogen-bond acceptors (Lipinski definition) is 4. The molecule has 2 heterocycles. The summed E-state index contributed by atoms with van der Waals surface area (Å²) >= 11 is 0. The first kappa shape index (κ1) is 12.6. The molecular formula is C13H18N4O. The third kappa shape index (κ3) is 2.22. The molecule has 5 heteroatoms. The van der Waals surface area contributed by atoms with Gasteiger partial charge in [-0.2, -0.15) is 5.10 Å². The van der Waals surface area contributed by atoms with Crippen LogP contribution in [0.2, 0.25) is 0 Å². The fourth-order valence-corrected chi connectivity index (χ4v) is 2.02. The smallest absolute Gasteiger partial charge is 0.142 e. The van der Waals surface area contributed by atoms with Crippen LogP contribution in [-0.2, 0) is 6.54 Å². The molecule has 96 valence electrons. The molecule has 5 nitrogen and oxygen atoms in total. The number of aromatic nitrogens is 3. The molecule has 1 unspecified atom stereocenters. The van der Waals surface area contributed by atoms with Crippen molar-refractivity contribution in [2.24, 2.45) is 5.73 Å². The van der Waals surface area contributed by atoms with E-state index in [4.69, 9.17) is 10.5 Å². The summed E-state index contributed by atoms with van der Waals surface area (Å²) in [6.45, 7) is 4.78. The van der Waals surface area contributed by atoms with Crippen LogP contribution in [0.1, 0.15) is 30.0 Å². The van der Waals surface area contributed by atoms with Gasteiger partial charge in [-0.3, -0.25) is 9.67 Å². The molecule has 0 amide bonds. The summed E-state index contributed by atoms with van der Waals surface area (Å²) in [6, 6.07) is 5.35. The van der Waals surface area contributed by atoms with Gasteiger partial charge in [-0.05, 0) is 32.0 Å². The first-order chi connectivity index (χ1) is 8.67. The van der Waals surface area contributed by atoms with Crippen molar-refractivity contribution in [3.63, 3.8) is 0 Å². The van der Waals surface area contributed by atoms with Gasteiger partial charge < -0.3 is 10.5 Å². The fourth-order valence-electron chi connectivity index (χ4n) is 2.02. The van der Waals surface area contributed by atoms with E-state index in [9.17, 15) is 0 Å². The Kier molecular flexibility index (Phi) is 3.62. The molecule has 18 heavy (non-hydrogen) atoms. The topological polar surface area (TPSA) is 66.0 Å². The summed E-state index contributed by atoms with van der Waals surface area (Å²) in [5.74, 6) is 0.700. The molecule has 0 saturated heterocycles. The summed E-state index contributed by atoms with van der Waals surface area (Å²) in [5, 5.41) is 4.40. The second-order valence-electron chi connectivity index (χ2n) is 4.09. The summed E-state index contributed by atoms with van der Waals surface area (Å²) in [4.78, 5) is 4.32. The number of nitrogens with zero attached hydrogens (tertiary/aromatic N) is 3. The number of pyridine rings is 1. The molecule has 0 radical (unpaired) electrons. The van der Waals surface area contributed by atoms with Gasteiger partial charge in [0.2, 0.25) is 0 Å². The number of methoxy groups -OCH3 is 1. The molecule has 0 bridgehead atoms. The third-order valence-electron chi connectivity index (χ3n) is 2.87. The minimum atomic E-state index is -0.331. The Morgan fingerprint density at radius 2 is 2.28 bits per heavy atom. The average Bonchev–Trinajstić information content (AvgIpc) is 2.79. The highest BCUT2D eigenvalue weighted by Gasteiger charge is 2.19. The highest BCUT2D eigenvalue weighted by atomic mass is 16.5. The Bertz CT molecular complexity index is 536. The Labute approximate surface area is 107 Å². The van der Waals surface area contributed by atoms with Crippen molar-refractivity contribution < 1.29 is 4.74 Å². The van der Waals surface area contributed by atoms with Crippen molar-refractivity contribution in [2.45, 2.75) is 26.4 Å². The van der Waals surface area contributed by atoms with Crippen molar-refractivity contribution >= 4 is 0 Å². The van der Waals surface area contributed by atoms with Gasteiger partial charge in [0, 0.05) is 12.7 Å². The minimum Gasteiger partial charge on any atom is -0.495 e. The molecule has 1 atom stereocenters. The van der Waals surface area contributed by atoms with E-state index in [2.05, 4.69) is 10.1 Å². The molecule has 0 aliphatic heterocycles. The minimum absolute atomic E-state index is 0.331. The van der Waals surface area contributed by atoms with Crippen molar-refractivity contribution in [1.82, 2.24) is 14.8 Å². The van der Waals surface area contributed by atoms with Crippen molar-refractivity contribution in [3.8, 4) is 5.75 Å². The predicted octanol–water partition coefficient (Wildman–Crippen LogP) is 1.66. The van der Waals surface area contributed by atoms with Gasteiger partial charge in [0.25, 0.3) is 0 Å². The Morgan fingerprint density at radius 1 is 1.50 bits per heavy atom. The molecule has 0 aliphatic carbocycles. The van der Waals surface area contributed by atoms with Gasteiger partial charge in [0.05, 0.1) is 24.5 Å². The maximum absolute atomic E-state index is 6.28. The lowest BCUT2D eigenvalue weighted by Crippen LogP contribution is -2.19. The molecule has 2 aromatic heterocycles. The van der Waals surface area contributed by atoms with Gasteiger partial charge in [-0.15, -0.1) is 0 Å². The van der Waals surface area contributed by atoms with Crippen LogP contribution in [0.4, 0.5) is 0 Å². The van der Waals surface area contributed by atoms with E-state index >= 15 is 0 Å². The summed E-state index contributed by atoms with van der Waals surface area (Å²) in [6.07, 6.45) is 1.72. The van der Waals surface area contributed by atoms with Crippen LogP contribution in [-0.4, -0.2) is 21.9 Å². The third-order valence-corrected chi connectivity index (χ3v) is 2.87. The van der Waals surface area contributed by atoms with E-state index in [1.165, 1.54) is 0 Å². The van der Waals surface area contributed by atoms with E-state index in [0.29, 0.717) is 5.75 Å². The maximum Gasteiger partial charge on any atom is 0.142 e. The molecule has 0 fully saturated rings. The SMILES string of the molecule is CCn1nc(C)cc1C(N)c1ncccc1OC. The van der Waals surface area contributed by atoms with Gasteiger partial charge in [-0.25, -0.2) is 0 Å². The second-order valence-corrected chi connectivity index (χ2v) is 4.09. The van der Waals surface area contributed by atoms with Crippen molar-refractivity contribution in [1.29, 1.82) is 0 Å². The predicted molar refractivity (Wildman–Crippen MR) is 69.5 cm³/mol. The largest absolute Gasteiger partial charge is 0.495 e. The first-order valence-corrected chi connectivity index (χ1v) is 5.96. The van der Waals surface area contributed by atoms with E-state index in [1.54, 1.807) is 13.3 Å². The zero-order valence-corrected chi connectivity index (χ0v) is 10.9. The molecule has 2 aromatic rings. The second kappa shape index (κ2) is 5.18. The number of rotatable bonds is 4. The van der Waals surface area contributed by atoms with Gasteiger partial charge >= 0.3 is 0 Å². The molecular weight excluding hydrogens is 228 g/mol.